The summed E-state index contributed by atoms with van der Waals surface area (Å²) in [6.07, 6.45) is 4.22. The van der Waals surface area contributed by atoms with Gasteiger partial charge in [-0.1, -0.05) is 11.6 Å². The van der Waals surface area contributed by atoms with Crippen LogP contribution >= 0.6 is 11.6 Å². The van der Waals surface area contributed by atoms with E-state index in [2.05, 4.69) is 4.98 Å². The lowest BCUT2D eigenvalue weighted by Gasteiger charge is -2.39. The molecule has 116 valence electrons. The van der Waals surface area contributed by atoms with Gasteiger partial charge in [-0.25, -0.2) is 13.4 Å². The lowest BCUT2D eigenvalue weighted by atomic mass is 9.98. The number of nitrogens with zero attached hydrogens (tertiary/aromatic N) is 2. The van der Waals surface area contributed by atoms with E-state index in [0.29, 0.717) is 0 Å². The second kappa shape index (κ2) is 6.32. The first kappa shape index (κ1) is 16.2. The molecule has 0 aromatic carbocycles. The number of hydrogen-bond acceptors (Lipinski definition) is 4. The second-order valence-electron chi connectivity index (χ2n) is 5.48. The van der Waals surface area contributed by atoms with Crippen LogP contribution in [0.1, 0.15) is 33.1 Å². The molecule has 2 rings (SSSR count). The van der Waals surface area contributed by atoms with Crippen molar-refractivity contribution in [2.24, 2.45) is 0 Å². The minimum atomic E-state index is -3.82. The van der Waals surface area contributed by atoms with E-state index in [1.807, 2.05) is 13.8 Å². The van der Waals surface area contributed by atoms with E-state index >= 15 is 0 Å². The Morgan fingerprint density at radius 2 is 2.00 bits per heavy atom. The zero-order chi connectivity index (χ0) is 15.6. The molecule has 0 saturated carbocycles. The first-order valence-electron chi connectivity index (χ1n) is 6.97. The molecule has 1 saturated heterocycles. The number of halogens is 1. The summed E-state index contributed by atoms with van der Waals surface area (Å²) in [5.41, 5.74) is 0. The maximum atomic E-state index is 12.4. The molecule has 2 heterocycles. The number of carbonyl (C=O) groups is 1. The summed E-state index contributed by atoms with van der Waals surface area (Å²) in [7, 11) is -3.82. The van der Waals surface area contributed by atoms with Gasteiger partial charge in [-0.15, -0.1) is 0 Å². The lowest BCUT2D eigenvalue weighted by molar-refractivity contribution is -0.134. The smallest absolute Gasteiger partial charge is 0.238 e. The third kappa shape index (κ3) is 3.55. The summed E-state index contributed by atoms with van der Waals surface area (Å²) in [6, 6.07) is 3.14. The minimum absolute atomic E-state index is 0.0463. The molecular weight excluding hydrogens is 312 g/mol. The summed E-state index contributed by atoms with van der Waals surface area (Å²) < 4.78 is 24.6. The molecule has 2 atom stereocenters. The Balaban J connectivity index is 2.20. The van der Waals surface area contributed by atoms with Crippen LogP contribution < -0.4 is 0 Å². The fourth-order valence-corrected chi connectivity index (χ4v) is 4.49. The molecule has 1 fully saturated rings. The molecule has 0 aliphatic carbocycles. The molecule has 21 heavy (non-hydrogen) atoms. The number of rotatable bonds is 3. The van der Waals surface area contributed by atoms with Gasteiger partial charge in [0.1, 0.15) is 5.75 Å². The van der Waals surface area contributed by atoms with Crippen molar-refractivity contribution in [3.05, 3.63) is 23.4 Å². The predicted molar refractivity (Wildman–Crippen MR) is 80.9 cm³/mol. The van der Waals surface area contributed by atoms with Crippen molar-refractivity contribution in [2.45, 2.75) is 50.2 Å². The van der Waals surface area contributed by atoms with Crippen molar-refractivity contribution in [2.75, 3.05) is 5.75 Å². The molecule has 1 aromatic heterocycles. The Hall–Kier alpha value is -1.14. The highest BCUT2D eigenvalue weighted by Gasteiger charge is 2.33. The number of likely N-dealkylation sites (tertiary alicyclic amines) is 1. The van der Waals surface area contributed by atoms with E-state index in [4.69, 9.17) is 11.6 Å². The van der Waals surface area contributed by atoms with Gasteiger partial charge in [0.05, 0.1) is 5.02 Å². The van der Waals surface area contributed by atoms with Crippen LogP contribution in [-0.4, -0.2) is 42.0 Å². The van der Waals surface area contributed by atoms with E-state index in [0.717, 1.165) is 19.3 Å². The van der Waals surface area contributed by atoms with Crippen LogP contribution in [0.2, 0.25) is 5.02 Å². The van der Waals surface area contributed by atoms with Crippen molar-refractivity contribution >= 4 is 27.3 Å². The molecule has 0 radical (unpaired) electrons. The molecule has 0 N–H and O–H groups in total. The minimum Gasteiger partial charge on any atom is -0.336 e. The molecule has 1 aromatic rings. The predicted octanol–water partition coefficient (Wildman–Crippen LogP) is 2.30. The zero-order valence-electron chi connectivity index (χ0n) is 12.1. The van der Waals surface area contributed by atoms with E-state index in [1.165, 1.54) is 12.3 Å². The van der Waals surface area contributed by atoms with Gasteiger partial charge in [-0.3, -0.25) is 4.79 Å². The van der Waals surface area contributed by atoms with Crippen LogP contribution in [0, 0.1) is 0 Å². The Kier molecular flexibility index (Phi) is 4.88. The monoisotopic (exact) mass is 330 g/mol. The number of piperidine rings is 1. The van der Waals surface area contributed by atoms with Crippen LogP contribution in [0.25, 0.3) is 0 Å². The SMILES string of the molecule is CC1CCCC(C)N1C(=O)CS(=O)(=O)c1ncccc1Cl. The lowest BCUT2D eigenvalue weighted by Crippen LogP contribution is -2.49. The van der Waals surface area contributed by atoms with E-state index in [-0.39, 0.29) is 28.0 Å². The molecule has 2 unspecified atom stereocenters. The van der Waals surface area contributed by atoms with Crippen molar-refractivity contribution < 1.29 is 13.2 Å². The average molecular weight is 331 g/mol. The summed E-state index contributed by atoms with van der Waals surface area (Å²) in [5, 5.41) is -0.178. The van der Waals surface area contributed by atoms with Gasteiger partial charge in [0.25, 0.3) is 0 Å². The van der Waals surface area contributed by atoms with Gasteiger partial charge in [-0.05, 0) is 45.2 Å². The molecule has 1 aliphatic rings. The number of amides is 1. The third-order valence-corrected chi connectivity index (χ3v) is 5.77. The van der Waals surface area contributed by atoms with E-state index in [9.17, 15) is 13.2 Å². The highest BCUT2D eigenvalue weighted by Crippen LogP contribution is 2.24. The number of pyridine rings is 1. The summed E-state index contributed by atoms with van der Waals surface area (Å²) in [6.45, 7) is 3.90. The number of sulfone groups is 1. The first-order valence-corrected chi connectivity index (χ1v) is 9.00. The Morgan fingerprint density at radius 3 is 2.57 bits per heavy atom. The Labute approximate surface area is 130 Å². The summed E-state index contributed by atoms with van der Waals surface area (Å²) >= 11 is 5.87. The fraction of sp³-hybridized carbons (Fsp3) is 0.571. The number of aromatic nitrogens is 1. The average Bonchev–Trinajstić information content (AvgIpc) is 2.38. The fourth-order valence-electron chi connectivity index (χ4n) is 2.82. The molecule has 0 spiro atoms. The van der Waals surface area contributed by atoms with Crippen LogP contribution in [0.15, 0.2) is 23.4 Å². The number of hydrogen-bond donors (Lipinski definition) is 0. The zero-order valence-corrected chi connectivity index (χ0v) is 13.7. The van der Waals surface area contributed by atoms with Crippen LogP contribution in [0.4, 0.5) is 0 Å². The van der Waals surface area contributed by atoms with Crippen molar-refractivity contribution in [3.63, 3.8) is 0 Å². The normalized spacial score (nSPS) is 23.1. The van der Waals surface area contributed by atoms with Crippen molar-refractivity contribution in [1.82, 2.24) is 9.88 Å². The summed E-state index contributed by atoms with van der Waals surface area (Å²) in [4.78, 5) is 17.9. The third-order valence-electron chi connectivity index (χ3n) is 3.81. The molecule has 1 amide bonds. The van der Waals surface area contributed by atoms with E-state index in [1.54, 1.807) is 11.0 Å². The maximum Gasteiger partial charge on any atom is 0.238 e. The molecule has 5 nitrogen and oxygen atoms in total. The van der Waals surface area contributed by atoms with Gasteiger partial charge in [-0.2, -0.15) is 0 Å². The second-order valence-corrected chi connectivity index (χ2v) is 7.79. The number of carbonyl (C=O) groups excluding carboxylic acids is 1. The molecular formula is C14H19ClN2O3S. The molecule has 0 bridgehead atoms. The Bertz CT molecular complexity index is 623. The summed E-state index contributed by atoms with van der Waals surface area (Å²) in [5.74, 6) is -0.963. The van der Waals surface area contributed by atoms with Gasteiger partial charge in [0.2, 0.25) is 15.7 Å². The quantitative estimate of drug-likeness (QED) is 0.852. The molecule has 7 heteroatoms. The standard InChI is InChI=1S/C14H19ClN2O3S/c1-10-5-3-6-11(2)17(10)13(18)9-21(19,20)14-12(15)7-4-8-16-14/h4,7-8,10-11H,3,5-6,9H2,1-2H3. The topological polar surface area (TPSA) is 67.3 Å². The van der Waals surface area contributed by atoms with Crippen molar-refractivity contribution in [3.8, 4) is 0 Å². The largest absolute Gasteiger partial charge is 0.336 e. The molecule has 1 aliphatic heterocycles. The highest BCUT2D eigenvalue weighted by molar-refractivity contribution is 7.92. The van der Waals surface area contributed by atoms with Crippen LogP contribution in [0.3, 0.4) is 0 Å². The van der Waals surface area contributed by atoms with Gasteiger partial charge in [0, 0.05) is 18.3 Å². The van der Waals surface area contributed by atoms with E-state index < -0.39 is 15.6 Å². The van der Waals surface area contributed by atoms with Gasteiger partial charge >= 0.3 is 0 Å². The van der Waals surface area contributed by atoms with Crippen LogP contribution in [-0.2, 0) is 14.6 Å². The van der Waals surface area contributed by atoms with Gasteiger partial charge < -0.3 is 4.90 Å². The van der Waals surface area contributed by atoms with Crippen molar-refractivity contribution in [1.29, 1.82) is 0 Å². The van der Waals surface area contributed by atoms with Gasteiger partial charge in [0.15, 0.2) is 5.03 Å². The Morgan fingerprint density at radius 1 is 1.38 bits per heavy atom. The highest BCUT2D eigenvalue weighted by atomic mass is 35.5. The maximum absolute atomic E-state index is 12.4. The van der Waals surface area contributed by atoms with Crippen LogP contribution in [0.5, 0.6) is 0 Å². The first-order chi connectivity index (χ1) is 9.83.